The molecule has 0 amide bonds. The van der Waals surface area contributed by atoms with Crippen LogP contribution >= 0.6 is 11.6 Å². The third kappa shape index (κ3) is 5.35. The summed E-state index contributed by atoms with van der Waals surface area (Å²) in [5, 5.41) is 0. The van der Waals surface area contributed by atoms with E-state index in [1.54, 1.807) is 0 Å². The van der Waals surface area contributed by atoms with Gasteiger partial charge >= 0.3 is 12.3 Å². The Morgan fingerprint density at radius 2 is 1.00 bits per heavy atom. The van der Waals surface area contributed by atoms with Crippen molar-refractivity contribution in [1.29, 1.82) is 0 Å². The van der Waals surface area contributed by atoms with Gasteiger partial charge in [-0.25, -0.2) is 9.59 Å². The van der Waals surface area contributed by atoms with E-state index in [0.717, 1.165) is 44.5 Å². The van der Waals surface area contributed by atoms with Crippen molar-refractivity contribution < 1.29 is 33.3 Å². The van der Waals surface area contributed by atoms with Crippen LogP contribution in [0.2, 0.25) is 0 Å². The maximum atomic E-state index is 12.7. The number of carbonyl (C=O) groups is 2. The topological polar surface area (TPSA) is 80.3 Å². The highest BCUT2D eigenvalue weighted by molar-refractivity contribution is 6.19. The van der Waals surface area contributed by atoms with Crippen molar-refractivity contribution >= 4 is 23.9 Å². The normalized spacial score (nSPS) is 20.1. The standard InChI is InChI=1S/C35H29ClO7/c36-33-17-31(43-35(38)40-19-30-27-15-7-3-11-23(27)24-12-4-8-16-28(24)30)32(42-33)20-41-34(37)39-18-29-25-13-5-1-9-21(25)22-10-2-6-14-26(22)29/h1-16,29-33H,17-20H2/t31?,32-,33-/m1/s1. The summed E-state index contributed by atoms with van der Waals surface area (Å²) in [5.74, 6) is -0.173. The average Bonchev–Trinajstić information content (AvgIpc) is 3.66. The molecule has 0 bridgehead atoms. The van der Waals surface area contributed by atoms with Crippen molar-refractivity contribution in [3.63, 3.8) is 0 Å². The first-order valence-corrected chi connectivity index (χ1v) is 14.8. The third-order valence-corrected chi connectivity index (χ3v) is 8.71. The van der Waals surface area contributed by atoms with Crippen LogP contribution in [0.1, 0.15) is 40.5 Å². The zero-order valence-electron chi connectivity index (χ0n) is 23.2. The number of alkyl halides is 1. The molecule has 0 spiro atoms. The molecule has 0 aromatic heterocycles. The van der Waals surface area contributed by atoms with E-state index in [9.17, 15) is 9.59 Å². The lowest BCUT2D eigenvalue weighted by atomic mass is 9.98. The van der Waals surface area contributed by atoms with E-state index < -0.39 is 30.1 Å². The Morgan fingerprint density at radius 1 is 0.605 bits per heavy atom. The second-order valence-corrected chi connectivity index (χ2v) is 11.4. The molecule has 3 atom stereocenters. The second kappa shape index (κ2) is 11.7. The number of fused-ring (bicyclic) bond motifs is 6. The van der Waals surface area contributed by atoms with E-state index in [2.05, 4.69) is 24.3 Å². The van der Waals surface area contributed by atoms with Gasteiger partial charge in [0.1, 0.15) is 37.6 Å². The van der Waals surface area contributed by atoms with Crippen LogP contribution < -0.4 is 0 Å². The number of carbonyl (C=O) groups excluding carboxylic acids is 2. The van der Waals surface area contributed by atoms with Gasteiger partial charge in [-0.05, 0) is 44.5 Å². The smallest absolute Gasteiger partial charge is 0.433 e. The summed E-state index contributed by atoms with van der Waals surface area (Å²) in [6, 6.07) is 32.4. The van der Waals surface area contributed by atoms with Crippen LogP contribution in [0.4, 0.5) is 9.59 Å². The summed E-state index contributed by atoms with van der Waals surface area (Å²) in [4.78, 5) is 25.3. The van der Waals surface area contributed by atoms with Crippen LogP contribution in [0.3, 0.4) is 0 Å². The number of ether oxygens (including phenoxy) is 5. The molecule has 0 N–H and O–H groups in total. The average molecular weight is 597 g/mol. The van der Waals surface area contributed by atoms with Gasteiger partial charge < -0.3 is 23.7 Å². The van der Waals surface area contributed by atoms with Gasteiger partial charge in [-0.1, -0.05) is 109 Å². The molecule has 3 aliphatic rings. The van der Waals surface area contributed by atoms with Gasteiger partial charge in [0.2, 0.25) is 0 Å². The van der Waals surface area contributed by atoms with Crippen molar-refractivity contribution in [1.82, 2.24) is 0 Å². The molecular formula is C35H29ClO7. The fourth-order valence-electron chi connectivity index (χ4n) is 6.47. The quantitative estimate of drug-likeness (QED) is 0.160. The summed E-state index contributed by atoms with van der Waals surface area (Å²) in [5.41, 5.74) is 8.30. The summed E-state index contributed by atoms with van der Waals surface area (Å²) < 4.78 is 27.7. The highest BCUT2D eigenvalue weighted by Gasteiger charge is 2.39. The van der Waals surface area contributed by atoms with Crippen molar-refractivity contribution in [3.8, 4) is 22.3 Å². The summed E-state index contributed by atoms with van der Waals surface area (Å²) >= 11 is 6.21. The molecule has 4 aromatic carbocycles. The molecule has 0 saturated carbocycles. The zero-order valence-corrected chi connectivity index (χ0v) is 23.9. The van der Waals surface area contributed by atoms with Gasteiger partial charge in [0.15, 0.2) is 0 Å². The largest absolute Gasteiger partial charge is 0.508 e. The van der Waals surface area contributed by atoms with Crippen LogP contribution in [0.5, 0.6) is 0 Å². The fourth-order valence-corrected chi connectivity index (χ4v) is 6.78. The molecule has 4 aromatic rings. The van der Waals surface area contributed by atoms with Crippen LogP contribution in [0.25, 0.3) is 22.3 Å². The minimum atomic E-state index is -0.830. The third-order valence-electron chi connectivity index (χ3n) is 8.43. The van der Waals surface area contributed by atoms with Gasteiger partial charge in [0.25, 0.3) is 0 Å². The molecule has 1 fully saturated rings. The highest BCUT2D eigenvalue weighted by Crippen LogP contribution is 2.45. The molecule has 43 heavy (non-hydrogen) atoms. The molecule has 2 aliphatic carbocycles. The Balaban J connectivity index is 0.924. The highest BCUT2D eigenvalue weighted by atomic mass is 35.5. The molecule has 1 saturated heterocycles. The lowest BCUT2D eigenvalue weighted by Crippen LogP contribution is -2.33. The van der Waals surface area contributed by atoms with Crippen molar-refractivity contribution in [2.45, 2.75) is 36.0 Å². The van der Waals surface area contributed by atoms with Gasteiger partial charge in [0, 0.05) is 18.3 Å². The molecule has 7 rings (SSSR count). The first-order valence-electron chi connectivity index (χ1n) is 14.4. The lowest BCUT2D eigenvalue weighted by Gasteiger charge is -2.20. The molecule has 8 heteroatoms. The Bertz CT molecular complexity index is 1580. The van der Waals surface area contributed by atoms with Gasteiger partial charge in [0.05, 0.1) is 0 Å². The Kier molecular flexibility index (Phi) is 7.51. The van der Waals surface area contributed by atoms with Gasteiger partial charge in [-0.15, -0.1) is 0 Å². The molecule has 1 heterocycles. The first-order chi connectivity index (χ1) is 21.1. The second-order valence-electron chi connectivity index (χ2n) is 10.9. The van der Waals surface area contributed by atoms with E-state index in [0.29, 0.717) is 0 Å². The van der Waals surface area contributed by atoms with Gasteiger partial charge in [-0.3, -0.25) is 0 Å². The summed E-state index contributed by atoms with van der Waals surface area (Å²) in [7, 11) is 0. The Hall–Kier alpha value is -4.33. The van der Waals surface area contributed by atoms with Crippen molar-refractivity contribution in [2.75, 3.05) is 19.8 Å². The monoisotopic (exact) mass is 596 g/mol. The van der Waals surface area contributed by atoms with Gasteiger partial charge in [-0.2, -0.15) is 0 Å². The molecule has 1 unspecified atom stereocenters. The Labute approximate surface area is 254 Å². The van der Waals surface area contributed by atoms with E-state index in [1.807, 2.05) is 72.8 Å². The zero-order chi connectivity index (χ0) is 29.3. The first kappa shape index (κ1) is 27.5. The molecule has 7 nitrogen and oxygen atoms in total. The maximum Gasteiger partial charge on any atom is 0.508 e. The number of rotatable bonds is 7. The lowest BCUT2D eigenvalue weighted by molar-refractivity contribution is -0.0461. The predicted molar refractivity (Wildman–Crippen MR) is 160 cm³/mol. The van der Waals surface area contributed by atoms with Crippen molar-refractivity contribution in [3.05, 3.63) is 119 Å². The SMILES string of the molecule is O=C(OCC1c2ccccc2-c2ccccc21)OC[C@H]1O[C@@H](Cl)CC1OC(=O)OCC1c2ccccc2-c2ccccc21. The van der Waals surface area contributed by atoms with Crippen molar-refractivity contribution in [2.24, 2.45) is 0 Å². The Morgan fingerprint density at radius 3 is 1.47 bits per heavy atom. The van der Waals surface area contributed by atoms with E-state index in [1.165, 1.54) is 0 Å². The summed E-state index contributed by atoms with van der Waals surface area (Å²) in [6.45, 7) is 0.0864. The predicted octanol–water partition coefficient (Wildman–Crippen LogP) is 7.64. The number of halogens is 1. The van der Waals surface area contributed by atoms with Crippen LogP contribution in [-0.4, -0.2) is 49.9 Å². The van der Waals surface area contributed by atoms with Crippen LogP contribution in [-0.2, 0) is 23.7 Å². The number of hydrogen-bond acceptors (Lipinski definition) is 7. The van der Waals surface area contributed by atoms with E-state index >= 15 is 0 Å². The fraction of sp³-hybridized carbons (Fsp3) is 0.257. The molecule has 0 radical (unpaired) electrons. The van der Waals surface area contributed by atoms with Crippen LogP contribution in [0, 0.1) is 0 Å². The summed E-state index contributed by atoms with van der Waals surface area (Å²) in [6.07, 6.45) is -2.90. The maximum absolute atomic E-state index is 12.7. The van der Waals surface area contributed by atoms with E-state index in [4.69, 9.17) is 35.3 Å². The minimum absolute atomic E-state index is 0.0837. The number of benzene rings is 4. The van der Waals surface area contributed by atoms with E-state index in [-0.39, 0.29) is 38.1 Å². The minimum Gasteiger partial charge on any atom is -0.433 e. The molecule has 218 valence electrons. The number of hydrogen-bond donors (Lipinski definition) is 0. The molecule has 1 aliphatic heterocycles. The molecular weight excluding hydrogens is 568 g/mol. The van der Waals surface area contributed by atoms with Crippen LogP contribution in [0.15, 0.2) is 97.1 Å².